The molecule has 0 atom stereocenters. The van der Waals surface area contributed by atoms with Gasteiger partial charge in [0.2, 0.25) is 0 Å². The van der Waals surface area contributed by atoms with Crippen molar-refractivity contribution in [2.24, 2.45) is 0 Å². The molecule has 0 unspecified atom stereocenters. The van der Waals surface area contributed by atoms with Crippen molar-refractivity contribution in [3.8, 4) is 89.0 Å². The molecule has 12 nitrogen and oxygen atoms in total. The van der Waals surface area contributed by atoms with Crippen LogP contribution in [0, 0.1) is 0 Å². The van der Waals surface area contributed by atoms with E-state index in [1.54, 1.807) is 24.3 Å². The molecular weight excluding hydrogens is 969 g/mol. The Morgan fingerprint density at radius 1 is 0.200 bits per heavy atom. The summed E-state index contributed by atoms with van der Waals surface area (Å²) in [5.74, 6) is 0. The minimum Gasteiger partial charge on any atom is -0.282 e. The van der Waals surface area contributed by atoms with E-state index in [1.807, 2.05) is 97.1 Å². The number of hydrogen-bond donors (Lipinski definition) is 4. The second-order valence-corrected chi connectivity index (χ2v) is 21.8. The second kappa shape index (κ2) is 18.5. The summed E-state index contributed by atoms with van der Waals surface area (Å²) < 4.78 is 136. The van der Waals surface area contributed by atoms with E-state index >= 15 is 0 Å². The quantitative estimate of drug-likeness (QED) is 0.0841. The molecule has 9 rings (SSSR count). The molecule has 0 aliphatic carbocycles. The van der Waals surface area contributed by atoms with Crippen molar-refractivity contribution in [1.29, 1.82) is 0 Å². The number of rotatable bonds is 12. The normalized spacial score (nSPS) is 12.2. The van der Waals surface area contributed by atoms with Crippen LogP contribution >= 0.6 is 0 Å². The van der Waals surface area contributed by atoms with Crippen LogP contribution in [0.25, 0.3) is 89.0 Å². The zero-order valence-electron chi connectivity index (χ0n) is 36.3. The summed E-state index contributed by atoms with van der Waals surface area (Å²) in [6.07, 6.45) is 0. The summed E-state index contributed by atoms with van der Waals surface area (Å²) in [5.41, 5.74) is 10.9. The Morgan fingerprint density at radius 3 is 0.600 bits per heavy atom. The van der Waals surface area contributed by atoms with E-state index in [9.17, 15) is 51.9 Å². The van der Waals surface area contributed by atoms with Gasteiger partial charge in [-0.3, -0.25) is 18.2 Å². The van der Waals surface area contributed by atoms with Crippen LogP contribution in [-0.4, -0.2) is 51.9 Å². The highest BCUT2D eigenvalue weighted by molar-refractivity contribution is 7.86. The lowest BCUT2D eigenvalue weighted by Gasteiger charge is -2.23. The van der Waals surface area contributed by atoms with E-state index in [0.717, 1.165) is 38.9 Å². The van der Waals surface area contributed by atoms with Gasteiger partial charge in [0, 0.05) is 0 Å². The number of hydrogen-bond acceptors (Lipinski definition) is 8. The van der Waals surface area contributed by atoms with Gasteiger partial charge in [0.05, 0.1) is 19.6 Å². The summed E-state index contributed by atoms with van der Waals surface area (Å²) >= 11 is 0. The molecule has 0 radical (unpaired) electrons. The first-order valence-electron chi connectivity index (χ1n) is 21.1. The molecule has 0 aliphatic heterocycles. The Bertz CT molecular complexity index is 3900. The minimum absolute atomic E-state index is 0.254. The third kappa shape index (κ3) is 9.76. The highest BCUT2D eigenvalue weighted by Crippen LogP contribution is 2.49. The first-order chi connectivity index (χ1) is 33.3. The van der Waals surface area contributed by atoms with Crippen LogP contribution in [0.2, 0.25) is 0 Å². The summed E-state index contributed by atoms with van der Waals surface area (Å²) in [5, 5.41) is 0. The molecule has 0 fully saturated rings. The fraction of sp³-hybridized carbons (Fsp3) is 0. The molecule has 9 aromatic rings. The van der Waals surface area contributed by atoms with Gasteiger partial charge in [0.15, 0.2) is 0 Å². The van der Waals surface area contributed by atoms with Crippen molar-refractivity contribution in [3.05, 3.63) is 206 Å². The topological polar surface area (TPSA) is 217 Å². The molecule has 0 aliphatic rings. The lowest BCUT2D eigenvalue weighted by molar-refractivity contribution is 0.481. The van der Waals surface area contributed by atoms with Crippen molar-refractivity contribution in [3.63, 3.8) is 0 Å². The summed E-state index contributed by atoms with van der Waals surface area (Å²) in [6, 6.07) is 57.3. The molecule has 350 valence electrons. The van der Waals surface area contributed by atoms with Crippen molar-refractivity contribution in [2.75, 3.05) is 0 Å². The molecule has 0 heterocycles. The lowest BCUT2D eigenvalue weighted by Crippen LogP contribution is -2.00. The van der Waals surface area contributed by atoms with Gasteiger partial charge in [-0.2, -0.15) is 33.7 Å². The Morgan fingerprint density at radius 2 is 0.371 bits per heavy atom. The molecule has 0 spiro atoms. The van der Waals surface area contributed by atoms with Crippen LogP contribution in [0.1, 0.15) is 0 Å². The fourth-order valence-corrected chi connectivity index (χ4v) is 10.5. The molecule has 0 amide bonds. The maximum absolute atomic E-state index is 12.2. The molecule has 4 N–H and O–H groups in total. The molecular formula is C54H38O12S4. The van der Waals surface area contributed by atoms with Gasteiger partial charge in [0.25, 0.3) is 40.5 Å². The van der Waals surface area contributed by atoms with Crippen LogP contribution in [0.3, 0.4) is 0 Å². The van der Waals surface area contributed by atoms with Gasteiger partial charge in [-0.1, -0.05) is 158 Å². The first-order valence-corrected chi connectivity index (χ1v) is 26.9. The van der Waals surface area contributed by atoms with E-state index in [0.29, 0.717) is 50.1 Å². The van der Waals surface area contributed by atoms with Crippen molar-refractivity contribution in [1.82, 2.24) is 0 Å². The molecule has 16 heteroatoms. The smallest absolute Gasteiger partial charge is 0.282 e. The van der Waals surface area contributed by atoms with Gasteiger partial charge in [-0.25, -0.2) is 0 Å². The zero-order valence-corrected chi connectivity index (χ0v) is 39.6. The molecule has 0 saturated heterocycles. The fourth-order valence-electron chi connectivity index (χ4n) is 8.61. The average molecular weight is 1010 g/mol. The van der Waals surface area contributed by atoms with Crippen LogP contribution in [0.15, 0.2) is 226 Å². The van der Waals surface area contributed by atoms with E-state index in [4.69, 9.17) is 0 Å². The van der Waals surface area contributed by atoms with Crippen LogP contribution in [0.4, 0.5) is 0 Å². The van der Waals surface area contributed by atoms with Crippen LogP contribution in [-0.2, 0) is 40.5 Å². The summed E-state index contributed by atoms with van der Waals surface area (Å²) in [4.78, 5) is -1.29. The summed E-state index contributed by atoms with van der Waals surface area (Å²) in [7, 11) is -18.2. The Balaban J connectivity index is 1.33. The lowest BCUT2D eigenvalue weighted by atomic mass is 9.81. The molecule has 0 saturated carbocycles. The number of benzene rings is 9. The second-order valence-electron chi connectivity index (χ2n) is 16.1. The van der Waals surface area contributed by atoms with Crippen molar-refractivity contribution < 1.29 is 51.9 Å². The van der Waals surface area contributed by atoms with Crippen molar-refractivity contribution >= 4 is 40.5 Å². The largest absolute Gasteiger partial charge is 0.294 e. The highest BCUT2D eigenvalue weighted by Gasteiger charge is 2.24. The van der Waals surface area contributed by atoms with Gasteiger partial charge in [-0.15, -0.1) is 0 Å². The predicted molar refractivity (Wildman–Crippen MR) is 269 cm³/mol. The Hall–Kier alpha value is -7.38. The van der Waals surface area contributed by atoms with Gasteiger partial charge < -0.3 is 0 Å². The van der Waals surface area contributed by atoms with Gasteiger partial charge in [-0.05, 0) is 138 Å². The molecule has 0 bridgehead atoms. The Kier molecular flexibility index (Phi) is 12.6. The van der Waals surface area contributed by atoms with Crippen molar-refractivity contribution in [2.45, 2.75) is 19.6 Å². The molecule has 70 heavy (non-hydrogen) atoms. The Labute approximate surface area is 404 Å². The average Bonchev–Trinajstić information content (AvgIpc) is 3.35. The van der Waals surface area contributed by atoms with E-state index in [2.05, 4.69) is 0 Å². The van der Waals surface area contributed by atoms with E-state index in [-0.39, 0.29) is 19.6 Å². The van der Waals surface area contributed by atoms with E-state index in [1.165, 1.54) is 84.9 Å². The zero-order chi connectivity index (χ0) is 49.6. The van der Waals surface area contributed by atoms with E-state index < -0.39 is 40.5 Å². The van der Waals surface area contributed by atoms with Gasteiger partial charge >= 0.3 is 0 Å². The SMILES string of the molecule is O=S(=O)(O)c1ccc(-c2ccc(-c3ccccc3)c(-c3ccc(-c4c(-c5ccc(S(=O)(=O)O)cc5)ccc(-c5ccc(S(=O)(=O)O)cc5)c4-c4ccc(S(=O)(=O)O)cc4)cc3)c2-c2ccccc2)cc1. The molecule has 0 aromatic heterocycles. The summed E-state index contributed by atoms with van der Waals surface area (Å²) in [6.45, 7) is 0. The standard InChI is InChI=1S/C54H38O12S4/c55-67(56,57)43-23-15-36(16-24-43)48-32-31-47(35-7-3-1-4-8-35)52(51(48)39-9-5-2-6-10-39)40-11-13-41(14-12-40)53-49(37-17-25-44(26-18-37)68(58,59)60)33-34-50(38-19-27-45(28-20-38)69(61,62)63)54(53)42-21-29-46(30-22-42)70(64,65)66/h1-34H,(H,55,56,57)(H,58,59,60)(H,61,62,63)(H,64,65,66). The molecule has 9 aromatic carbocycles. The third-order valence-corrected chi connectivity index (χ3v) is 15.3. The third-order valence-electron chi connectivity index (χ3n) is 11.9. The monoisotopic (exact) mass is 1010 g/mol. The first kappa shape index (κ1) is 47.7. The van der Waals surface area contributed by atoms with Crippen LogP contribution in [0.5, 0.6) is 0 Å². The maximum atomic E-state index is 12.2. The highest BCUT2D eigenvalue weighted by atomic mass is 32.2. The predicted octanol–water partition coefficient (Wildman–Crippen LogP) is 12.0. The van der Waals surface area contributed by atoms with Gasteiger partial charge in [0.1, 0.15) is 0 Å². The van der Waals surface area contributed by atoms with Crippen LogP contribution < -0.4 is 0 Å². The maximum Gasteiger partial charge on any atom is 0.294 e. The minimum atomic E-state index is -4.60.